The molecule has 0 spiro atoms. The van der Waals surface area contributed by atoms with Crippen molar-refractivity contribution in [3.63, 3.8) is 0 Å². The van der Waals surface area contributed by atoms with E-state index >= 15 is 0 Å². The Labute approximate surface area is 196 Å². The molecule has 0 fully saturated rings. The number of halogens is 1. The maximum Gasteiger partial charge on any atom is 0.225 e. The van der Waals surface area contributed by atoms with Crippen molar-refractivity contribution in [1.29, 1.82) is 0 Å². The van der Waals surface area contributed by atoms with Crippen LogP contribution in [0.4, 0.5) is 10.2 Å². The van der Waals surface area contributed by atoms with Crippen molar-refractivity contribution >= 4 is 17.6 Å². The number of hydrogen-bond donors (Lipinski definition) is 2. The van der Waals surface area contributed by atoms with E-state index in [0.29, 0.717) is 35.9 Å². The van der Waals surface area contributed by atoms with Gasteiger partial charge in [0.05, 0.1) is 24.2 Å². The van der Waals surface area contributed by atoms with Crippen molar-refractivity contribution in [2.45, 2.75) is 32.7 Å². The zero-order valence-electron chi connectivity index (χ0n) is 18.8. The lowest BCUT2D eigenvalue weighted by Crippen LogP contribution is -2.23. The van der Waals surface area contributed by atoms with Gasteiger partial charge in [0.15, 0.2) is 0 Å². The van der Waals surface area contributed by atoms with Crippen molar-refractivity contribution in [3.05, 3.63) is 90.3 Å². The number of anilines is 1. The summed E-state index contributed by atoms with van der Waals surface area (Å²) in [5.74, 6) is 0.315. The van der Waals surface area contributed by atoms with E-state index in [2.05, 4.69) is 15.7 Å². The molecule has 7 nitrogen and oxygen atoms in total. The Morgan fingerprint density at radius 2 is 1.79 bits per heavy atom. The topological polar surface area (TPSA) is 89.2 Å². The SMILES string of the molecule is Cc1nn(-c2cccc(F)c2)c(NC(=O)CCCC(=O)NCc2ccco2)c1-c1ccccc1. The summed E-state index contributed by atoms with van der Waals surface area (Å²) >= 11 is 0. The van der Waals surface area contributed by atoms with Gasteiger partial charge in [-0.15, -0.1) is 0 Å². The number of hydrogen-bond acceptors (Lipinski definition) is 4. The average Bonchev–Trinajstić information content (AvgIpc) is 3.46. The first-order valence-electron chi connectivity index (χ1n) is 11.0. The number of aromatic nitrogens is 2. The second-order valence-electron chi connectivity index (χ2n) is 7.82. The first-order valence-corrected chi connectivity index (χ1v) is 11.0. The predicted molar refractivity (Wildman–Crippen MR) is 127 cm³/mol. The summed E-state index contributed by atoms with van der Waals surface area (Å²) in [6.45, 7) is 2.15. The molecule has 2 aromatic carbocycles. The highest BCUT2D eigenvalue weighted by molar-refractivity contribution is 5.95. The maximum atomic E-state index is 13.9. The Hall–Kier alpha value is -4.20. The standard InChI is InChI=1S/C26H25FN4O3/c1-18-25(19-8-3-2-4-9-19)26(31(30-18)21-11-5-10-20(27)16-21)29-24(33)14-6-13-23(32)28-17-22-12-7-15-34-22/h2-5,7-12,15-16H,6,13-14,17H2,1H3,(H,28,32)(H,29,33). The maximum absolute atomic E-state index is 13.9. The molecule has 34 heavy (non-hydrogen) atoms. The van der Waals surface area contributed by atoms with Gasteiger partial charge in [-0.3, -0.25) is 9.59 Å². The zero-order chi connectivity index (χ0) is 23.9. The molecular formula is C26H25FN4O3. The largest absolute Gasteiger partial charge is 0.467 e. The summed E-state index contributed by atoms with van der Waals surface area (Å²) in [6.07, 6.45) is 2.28. The second-order valence-corrected chi connectivity index (χ2v) is 7.82. The van der Waals surface area contributed by atoms with Crippen molar-refractivity contribution < 1.29 is 18.4 Å². The molecule has 0 unspecified atom stereocenters. The number of rotatable bonds is 9. The Kier molecular flexibility index (Phi) is 7.17. The fourth-order valence-corrected chi connectivity index (χ4v) is 3.68. The van der Waals surface area contributed by atoms with Crippen LogP contribution in [0.1, 0.15) is 30.7 Å². The van der Waals surface area contributed by atoms with E-state index in [4.69, 9.17) is 4.42 Å². The number of benzene rings is 2. The van der Waals surface area contributed by atoms with Crippen LogP contribution in [-0.2, 0) is 16.1 Å². The summed E-state index contributed by atoms with van der Waals surface area (Å²) in [6, 6.07) is 19.1. The molecule has 4 rings (SSSR count). The molecule has 2 amide bonds. The van der Waals surface area contributed by atoms with Gasteiger partial charge in [-0.25, -0.2) is 9.07 Å². The second kappa shape index (κ2) is 10.6. The van der Waals surface area contributed by atoms with Crippen LogP contribution >= 0.6 is 0 Å². The highest BCUT2D eigenvalue weighted by Crippen LogP contribution is 2.33. The average molecular weight is 461 g/mol. The molecule has 2 aromatic heterocycles. The van der Waals surface area contributed by atoms with E-state index in [-0.39, 0.29) is 24.7 Å². The van der Waals surface area contributed by atoms with Crippen LogP contribution in [0.15, 0.2) is 77.4 Å². The number of carbonyl (C=O) groups excluding carboxylic acids is 2. The smallest absolute Gasteiger partial charge is 0.225 e. The highest BCUT2D eigenvalue weighted by atomic mass is 19.1. The molecule has 8 heteroatoms. The van der Waals surface area contributed by atoms with Gasteiger partial charge >= 0.3 is 0 Å². The molecule has 2 N–H and O–H groups in total. The first-order chi connectivity index (χ1) is 16.5. The molecule has 0 aliphatic carbocycles. The Morgan fingerprint density at radius 1 is 1.00 bits per heavy atom. The molecule has 174 valence electrons. The van der Waals surface area contributed by atoms with Crippen LogP contribution in [0, 0.1) is 12.7 Å². The van der Waals surface area contributed by atoms with Gasteiger partial charge < -0.3 is 15.1 Å². The molecule has 0 radical (unpaired) electrons. The van der Waals surface area contributed by atoms with Crippen LogP contribution < -0.4 is 10.6 Å². The van der Waals surface area contributed by atoms with Gasteiger partial charge in [0.25, 0.3) is 0 Å². The molecule has 0 bridgehead atoms. The molecule has 0 saturated heterocycles. The number of amides is 2. The van der Waals surface area contributed by atoms with Crippen LogP contribution in [0.5, 0.6) is 0 Å². The van der Waals surface area contributed by atoms with E-state index in [9.17, 15) is 14.0 Å². The molecule has 0 atom stereocenters. The van der Waals surface area contributed by atoms with Crippen molar-refractivity contribution in [2.75, 3.05) is 5.32 Å². The molecule has 4 aromatic rings. The van der Waals surface area contributed by atoms with Crippen LogP contribution in [0.25, 0.3) is 16.8 Å². The molecule has 2 heterocycles. The zero-order valence-corrected chi connectivity index (χ0v) is 18.8. The van der Waals surface area contributed by atoms with Crippen molar-refractivity contribution in [3.8, 4) is 16.8 Å². The van der Waals surface area contributed by atoms with Crippen molar-refractivity contribution in [2.24, 2.45) is 0 Å². The summed E-state index contributed by atoms with van der Waals surface area (Å²) < 4.78 is 20.6. The number of furan rings is 1. The molecule has 0 saturated carbocycles. The van der Waals surface area contributed by atoms with Crippen LogP contribution in [-0.4, -0.2) is 21.6 Å². The van der Waals surface area contributed by atoms with Crippen LogP contribution in [0.2, 0.25) is 0 Å². The van der Waals surface area contributed by atoms with E-state index in [1.165, 1.54) is 16.8 Å². The van der Waals surface area contributed by atoms with Gasteiger partial charge in [-0.1, -0.05) is 36.4 Å². The van der Waals surface area contributed by atoms with Gasteiger partial charge in [0, 0.05) is 18.4 Å². The third kappa shape index (κ3) is 5.58. The third-order valence-corrected chi connectivity index (χ3v) is 5.28. The monoisotopic (exact) mass is 460 g/mol. The Morgan fingerprint density at radius 3 is 2.53 bits per heavy atom. The lowest BCUT2D eigenvalue weighted by molar-refractivity contribution is -0.121. The Bertz CT molecular complexity index is 1270. The molecule has 0 aliphatic rings. The summed E-state index contributed by atoms with van der Waals surface area (Å²) in [7, 11) is 0. The van der Waals surface area contributed by atoms with Crippen LogP contribution in [0.3, 0.4) is 0 Å². The van der Waals surface area contributed by atoms with Crippen molar-refractivity contribution in [1.82, 2.24) is 15.1 Å². The van der Waals surface area contributed by atoms with E-state index in [0.717, 1.165) is 11.1 Å². The number of carbonyl (C=O) groups is 2. The lowest BCUT2D eigenvalue weighted by Gasteiger charge is -2.12. The van der Waals surface area contributed by atoms with E-state index in [1.807, 2.05) is 37.3 Å². The Balaban J connectivity index is 1.47. The van der Waals surface area contributed by atoms with Gasteiger partial charge in [-0.05, 0) is 49.2 Å². The highest BCUT2D eigenvalue weighted by Gasteiger charge is 2.20. The number of aryl methyl sites for hydroxylation is 1. The minimum Gasteiger partial charge on any atom is -0.467 e. The minimum absolute atomic E-state index is 0.149. The first kappa shape index (κ1) is 23.0. The fourth-order valence-electron chi connectivity index (χ4n) is 3.68. The summed E-state index contributed by atoms with van der Waals surface area (Å²) in [4.78, 5) is 24.9. The summed E-state index contributed by atoms with van der Waals surface area (Å²) in [5, 5.41) is 10.3. The molecular weight excluding hydrogens is 435 g/mol. The predicted octanol–water partition coefficient (Wildman–Crippen LogP) is 5.01. The lowest BCUT2D eigenvalue weighted by atomic mass is 10.1. The third-order valence-electron chi connectivity index (χ3n) is 5.28. The van der Waals surface area contributed by atoms with Gasteiger partial charge in [-0.2, -0.15) is 5.10 Å². The summed E-state index contributed by atoms with van der Waals surface area (Å²) in [5.41, 5.74) is 2.84. The number of nitrogens with one attached hydrogen (secondary N) is 2. The number of nitrogens with zero attached hydrogens (tertiary/aromatic N) is 2. The van der Waals surface area contributed by atoms with Gasteiger partial charge in [0.1, 0.15) is 17.4 Å². The quantitative estimate of drug-likeness (QED) is 0.368. The van der Waals surface area contributed by atoms with Gasteiger partial charge in [0.2, 0.25) is 11.8 Å². The molecule has 0 aliphatic heterocycles. The minimum atomic E-state index is -0.398. The normalized spacial score (nSPS) is 10.8. The van der Waals surface area contributed by atoms with E-state index in [1.54, 1.807) is 30.5 Å². The fraction of sp³-hybridized carbons (Fsp3) is 0.192. The van der Waals surface area contributed by atoms with E-state index < -0.39 is 5.82 Å².